The third-order valence-corrected chi connectivity index (χ3v) is 4.28. The molecule has 0 bridgehead atoms. The van der Waals surface area contributed by atoms with Crippen molar-refractivity contribution in [3.63, 3.8) is 0 Å². The number of phenols is 1. The molecule has 0 aliphatic heterocycles. The summed E-state index contributed by atoms with van der Waals surface area (Å²) in [5.74, 6) is 1.45. The van der Waals surface area contributed by atoms with Crippen LogP contribution in [0.4, 0.5) is 5.69 Å². The predicted octanol–water partition coefficient (Wildman–Crippen LogP) is 4.64. The van der Waals surface area contributed by atoms with Gasteiger partial charge in [-0.15, -0.1) is 0 Å². The van der Waals surface area contributed by atoms with E-state index in [1.54, 1.807) is 56.4 Å². The molecule has 1 aromatic heterocycles. The lowest BCUT2D eigenvalue weighted by atomic mass is 10.0. The van der Waals surface area contributed by atoms with Crippen LogP contribution < -0.4 is 15.2 Å². The second kappa shape index (κ2) is 8.43. The first-order valence-corrected chi connectivity index (χ1v) is 8.94. The van der Waals surface area contributed by atoms with Crippen LogP contribution in [0, 0.1) is 6.92 Å². The Morgan fingerprint density at radius 2 is 2.00 bits per heavy atom. The minimum Gasteiger partial charge on any atom is -0.507 e. The molecule has 3 N–H and O–H groups in total. The lowest BCUT2D eigenvalue weighted by molar-refractivity contribution is 0.0985. The number of aromatic hydroxyl groups is 1. The number of carbonyl (C=O) groups is 1. The van der Waals surface area contributed by atoms with Gasteiger partial charge < -0.3 is 20.3 Å². The molecule has 0 saturated heterocycles. The highest BCUT2D eigenvalue weighted by Crippen LogP contribution is 2.31. The van der Waals surface area contributed by atoms with Crippen LogP contribution >= 0.6 is 0 Å². The number of hydrogen-bond donors (Lipinski definition) is 2. The zero-order valence-corrected chi connectivity index (χ0v) is 15.8. The lowest BCUT2D eigenvalue weighted by Gasteiger charge is -2.13. The van der Waals surface area contributed by atoms with Gasteiger partial charge in [0.25, 0.3) is 0 Å². The highest BCUT2D eigenvalue weighted by molar-refractivity contribution is 5.99. The standard InChI is InChI=1S/C22H22N2O4/c1-3-19(25)18-8-9-20(14(2)22(18)26)27-13-15-7-10-21(24-12-15)28-17-6-4-5-16(23)11-17/h4-12,26H,3,13,23H2,1-2H3. The Hall–Kier alpha value is -3.54. The number of nitrogens with two attached hydrogens (primary N) is 1. The number of anilines is 1. The van der Waals surface area contributed by atoms with Gasteiger partial charge in [-0.1, -0.05) is 13.0 Å². The van der Waals surface area contributed by atoms with E-state index in [1.165, 1.54) is 0 Å². The third-order valence-electron chi connectivity index (χ3n) is 4.28. The molecule has 144 valence electrons. The number of rotatable bonds is 7. The highest BCUT2D eigenvalue weighted by atomic mass is 16.5. The maximum atomic E-state index is 11.8. The van der Waals surface area contributed by atoms with E-state index in [0.717, 1.165) is 5.56 Å². The Morgan fingerprint density at radius 3 is 2.68 bits per heavy atom. The first-order chi connectivity index (χ1) is 13.5. The minimum absolute atomic E-state index is 0.0339. The number of pyridine rings is 1. The maximum absolute atomic E-state index is 11.8. The van der Waals surface area contributed by atoms with Crippen molar-refractivity contribution in [2.24, 2.45) is 0 Å². The van der Waals surface area contributed by atoms with Crippen molar-refractivity contribution >= 4 is 11.5 Å². The first-order valence-electron chi connectivity index (χ1n) is 8.94. The van der Waals surface area contributed by atoms with Crippen LogP contribution in [0.5, 0.6) is 23.1 Å². The zero-order valence-electron chi connectivity index (χ0n) is 15.8. The van der Waals surface area contributed by atoms with Crippen LogP contribution in [-0.2, 0) is 6.61 Å². The SMILES string of the molecule is CCC(=O)c1ccc(OCc2ccc(Oc3cccc(N)c3)nc2)c(C)c1O. The van der Waals surface area contributed by atoms with Crippen LogP contribution in [0.3, 0.4) is 0 Å². The summed E-state index contributed by atoms with van der Waals surface area (Å²) < 4.78 is 11.4. The summed E-state index contributed by atoms with van der Waals surface area (Å²) in [6, 6.07) is 14.0. The van der Waals surface area contributed by atoms with Gasteiger partial charge in [-0.3, -0.25) is 4.79 Å². The number of benzene rings is 2. The molecule has 0 aliphatic carbocycles. The maximum Gasteiger partial charge on any atom is 0.219 e. The molecule has 0 radical (unpaired) electrons. The molecule has 0 saturated carbocycles. The molecular formula is C22H22N2O4. The quantitative estimate of drug-likeness (QED) is 0.459. The van der Waals surface area contributed by atoms with Crippen molar-refractivity contribution in [1.82, 2.24) is 4.98 Å². The second-order valence-corrected chi connectivity index (χ2v) is 6.33. The summed E-state index contributed by atoms with van der Waals surface area (Å²) in [6.45, 7) is 3.75. The lowest BCUT2D eigenvalue weighted by Crippen LogP contribution is -2.02. The Kier molecular flexibility index (Phi) is 5.79. The molecule has 2 aromatic carbocycles. The monoisotopic (exact) mass is 378 g/mol. The molecule has 3 rings (SSSR count). The summed E-state index contributed by atoms with van der Waals surface area (Å²) in [5, 5.41) is 10.2. The van der Waals surface area contributed by atoms with Crippen molar-refractivity contribution < 1.29 is 19.4 Å². The van der Waals surface area contributed by atoms with Crippen LogP contribution in [0.25, 0.3) is 0 Å². The molecule has 28 heavy (non-hydrogen) atoms. The molecule has 1 heterocycles. The van der Waals surface area contributed by atoms with Gasteiger partial charge in [0, 0.05) is 41.6 Å². The van der Waals surface area contributed by atoms with Crippen LogP contribution in [0.2, 0.25) is 0 Å². The molecule has 0 amide bonds. The van der Waals surface area contributed by atoms with Crippen molar-refractivity contribution in [2.75, 3.05) is 5.73 Å². The first kappa shape index (κ1) is 19.2. The van der Waals surface area contributed by atoms with Crippen LogP contribution in [0.1, 0.15) is 34.8 Å². The molecule has 0 spiro atoms. The second-order valence-electron chi connectivity index (χ2n) is 6.33. The molecule has 3 aromatic rings. The molecule has 0 fully saturated rings. The summed E-state index contributed by atoms with van der Waals surface area (Å²) in [5.41, 5.74) is 8.05. The average Bonchev–Trinajstić information content (AvgIpc) is 2.70. The summed E-state index contributed by atoms with van der Waals surface area (Å²) >= 11 is 0. The van der Waals surface area contributed by atoms with E-state index in [2.05, 4.69) is 4.98 Å². The van der Waals surface area contributed by atoms with Crippen molar-refractivity contribution in [3.8, 4) is 23.1 Å². The van der Waals surface area contributed by atoms with Crippen LogP contribution in [0.15, 0.2) is 54.7 Å². The number of phenolic OH excluding ortho intramolecular Hbond substituents is 1. The predicted molar refractivity (Wildman–Crippen MR) is 107 cm³/mol. The van der Waals surface area contributed by atoms with Gasteiger partial charge in [0.15, 0.2) is 5.78 Å². The van der Waals surface area contributed by atoms with E-state index in [-0.39, 0.29) is 18.1 Å². The Bertz CT molecular complexity index is 984. The number of nitrogen functional groups attached to an aromatic ring is 1. The van der Waals surface area contributed by atoms with Crippen molar-refractivity contribution in [1.29, 1.82) is 0 Å². The fraction of sp³-hybridized carbons (Fsp3) is 0.182. The van der Waals surface area contributed by atoms with Gasteiger partial charge in [0.2, 0.25) is 5.88 Å². The summed E-state index contributed by atoms with van der Waals surface area (Å²) in [6.07, 6.45) is 1.99. The Morgan fingerprint density at radius 1 is 1.18 bits per heavy atom. The number of hydrogen-bond acceptors (Lipinski definition) is 6. The number of aromatic nitrogens is 1. The Labute approximate surface area is 163 Å². The summed E-state index contributed by atoms with van der Waals surface area (Å²) in [4.78, 5) is 16.1. The van der Waals surface area contributed by atoms with E-state index in [1.807, 2.05) is 12.1 Å². The van der Waals surface area contributed by atoms with Gasteiger partial charge in [-0.2, -0.15) is 0 Å². The molecule has 6 nitrogen and oxygen atoms in total. The van der Waals surface area contributed by atoms with Gasteiger partial charge in [0.1, 0.15) is 23.9 Å². The summed E-state index contributed by atoms with van der Waals surface area (Å²) in [7, 11) is 0. The largest absolute Gasteiger partial charge is 0.507 e. The van der Waals surface area contributed by atoms with E-state index in [0.29, 0.717) is 40.6 Å². The fourth-order valence-electron chi connectivity index (χ4n) is 2.67. The zero-order chi connectivity index (χ0) is 20.1. The number of nitrogens with zero attached hydrogens (tertiary/aromatic N) is 1. The number of ketones is 1. The van der Waals surface area contributed by atoms with E-state index >= 15 is 0 Å². The Balaban J connectivity index is 1.65. The molecule has 0 unspecified atom stereocenters. The molecular weight excluding hydrogens is 356 g/mol. The molecule has 0 aliphatic rings. The van der Waals surface area contributed by atoms with Gasteiger partial charge >= 0.3 is 0 Å². The van der Waals surface area contributed by atoms with Crippen molar-refractivity contribution in [3.05, 3.63) is 71.4 Å². The van der Waals surface area contributed by atoms with E-state index < -0.39 is 0 Å². The topological polar surface area (TPSA) is 94.7 Å². The van der Waals surface area contributed by atoms with Gasteiger partial charge in [-0.25, -0.2) is 4.98 Å². The van der Waals surface area contributed by atoms with E-state index in [9.17, 15) is 9.90 Å². The minimum atomic E-state index is -0.105. The van der Waals surface area contributed by atoms with Crippen molar-refractivity contribution in [2.45, 2.75) is 26.9 Å². The normalized spacial score (nSPS) is 10.5. The fourth-order valence-corrected chi connectivity index (χ4v) is 2.67. The number of ether oxygens (including phenoxy) is 2. The van der Waals surface area contributed by atoms with Gasteiger partial charge in [0.05, 0.1) is 5.56 Å². The smallest absolute Gasteiger partial charge is 0.219 e. The molecule has 6 heteroatoms. The third kappa shape index (κ3) is 4.40. The van der Waals surface area contributed by atoms with E-state index in [4.69, 9.17) is 15.2 Å². The van der Waals surface area contributed by atoms with Gasteiger partial charge in [-0.05, 0) is 37.3 Å². The number of carbonyl (C=O) groups excluding carboxylic acids is 1. The molecule has 0 atom stereocenters. The highest BCUT2D eigenvalue weighted by Gasteiger charge is 2.14. The average molecular weight is 378 g/mol. The number of Topliss-reactive ketones (excluding diaryl/α,β-unsaturated/α-hetero) is 1. The van der Waals surface area contributed by atoms with Crippen LogP contribution in [-0.4, -0.2) is 15.9 Å².